The molecule has 1 unspecified atom stereocenters. The van der Waals surface area contributed by atoms with Gasteiger partial charge in [-0.1, -0.05) is 105 Å². The van der Waals surface area contributed by atoms with Gasteiger partial charge in [0.25, 0.3) is 5.56 Å². The number of unbranched alkanes of at least 4 members (excludes halogenated alkanes) is 1. The number of pyridine rings is 1. The first-order valence-electron chi connectivity index (χ1n) is 13.8. The number of nitrogens with one attached hydrogen (secondary N) is 1. The maximum absolute atomic E-state index is 13.6. The normalized spacial score (nSPS) is 12.4. The van der Waals surface area contributed by atoms with E-state index in [0.29, 0.717) is 18.4 Å². The van der Waals surface area contributed by atoms with Gasteiger partial charge in [-0.25, -0.2) is 4.79 Å². The highest BCUT2D eigenvalue weighted by Crippen LogP contribution is 2.22. The lowest BCUT2D eigenvalue weighted by Crippen LogP contribution is -2.47. The van der Waals surface area contributed by atoms with E-state index in [4.69, 9.17) is 0 Å². The van der Waals surface area contributed by atoms with Crippen molar-refractivity contribution in [3.8, 4) is 11.1 Å². The molecule has 0 saturated heterocycles. The quantitative estimate of drug-likeness (QED) is 0.234. The number of nitrogens with zero attached hydrogens (tertiary/aromatic N) is 1. The van der Waals surface area contributed by atoms with Crippen LogP contribution in [0.25, 0.3) is 11.1 Å². The molecule has 1 amide bonds. The molecule has 6 heteroatoms. The maximum atomic E-state index is 13.6. The Morgan fingerprint density at radius 2 is 1.52 bits per heavy atom. The van der Waals surface area contributed by atoms with E-state index < -0.39 is 24.0 Å². The molecule has 6 nitrogen and oxygen atoms in total. The number of carbonyl (C=O) groups is 2. The van der Waals surface area contributed by atoms with E-state index in [-0.39, 0.29) is 12.0 Å². The van der Waals surface area contributed by atoms with Gasteiger partial charge in [0.05, 0.1) is 0 Å². The summed E-state index contributed by atoms with van der Waals surface area (Å²) in [4.78, 5) is 39.5. The van der Waals surface area contributed by atoms with Crippen molar-refractivity contribution >= 4 is 11.9 Å². The fourth-order valence-corrected chi connectivity index (χ4v) is 5.00. The van der Waals surface area contributed by atoms with Crippen LogP contribution < -0.4 is 10.9 Å². The third-order valence-electron chi connectivity index (χ3n) is 7.05. The number of hydrogen-bond donors (Lipinski definition) is 2. The molecular weight excluding hydrogens is 500 g/mol. The molecule has 0 fully saturated rings. The number of rotatable bonds is 12. The Balaban J connectivity index is 1.59. The van der Waals surface area contributed by atoms with Crippen LogP contribution in [0.4, 0.5) is 0 Å². The average Bonchev–Trinajstić information content (AvgIpc) is 2.96. The van der Waals surface area contributed by atoms with Gasteiger partial charge in [0.1, 0.15) is 12.1 Å². The summed E-state index contributed by atoms with van der Waals surface area (Å²) >= 11 is 0. The zero-order valence-corrected chi connectivity index (χ0v) is 23.0. The molecular formula is C34H36N2O4. The Labute approximate surface area is 235 Å². The molecule has 0 spiro atoms. The smallest absolute Gasteiger partial charge is 0.326 e. The standard InChI is InChI=1S/C34H36N2O4/c1-3-4-18-31(36-23-24(2)19-29(33(36)38)20-25-12-7-5-8-13-25)32(37)35-30(34(39)40)22-26-14-11-17-28(21-26)27-15-9-6-10-16-27/h5-17,19,21,23,30-31H,3-4,18,20,22H2,1-2H3,(H,35,37)(H,39,40)/t30?,31-/m0/s1. The molecule has 0 radical (unpaired) electrons. The van der Waals surface area contributed by atoms with Crippen LogP contribution in [0.15, 0.2) is 102 Å². The number of hydrogen-bond acceptors (Lipinski definition) is 3. The summed E-state index contributed by atoms with van der Waals surface area (Å²) in [6, 6.07) is 27.2. The van der Waals surface area contributed by atoms with Gasteiger partial charge in [0.15, 0.2) is 0 Å². The summed E-state index contributed by atoms with van der Waals surface area (Å²) in [6.45, 7) is 3.92. The lowest BCUT2D eigenvalue weighted by Gasteiger charge is -2.23. The van der Waals surface area contributed by atoms with Crippen molar-refractivity contribution in [1.29, 1.82) is 0 Å². The fourth-order valence-electron chi connectivity index (χ4n) is 5.00. The molecule has 3 aromatic carbocycles. The Kier molecular flexibility index (Phi) is 9.68. The zero-order chi connectivity index (χ0) is 28.5. The Morgan fingerprint density at radius 3 is 2.20 bits per heavy atom. The number of carboxylic acid groups (broad SMARTS) is 1. The lowest BCUT2D eigenvalue weighted by atomic mass is 9.99. The molecule has 4 aromatic rings. The van der Waals surface area contributed by atoms with Gasteiger partial charge in [0.2, 0.25) is 5.91 Å². The molecule has 1 heterocycles. The van der Waals surface area contributed by atoms with E-state index in [1.165, 1.54) is 4.57 Å². The van der Waals surface area contributed by atoms with Crippen LogP contribution in [0.5, 0.6) is 0 Å². The molecule has 0 aliphatic carbocycles. The van der Waals surface area contributed by atoms with Gasteiger partial charge < -0.3 is 15.0 Å². The molecule has 2 atom stereocenters. The monoisotopic (exact) mass is 536 g/mol. The average molecular weight is 537 g/mol. The molecule has 0 bridgehead atoms. The van der Waals surface area contributed by atoms with E-state index in [1.807, 2.05) is 105 Å². The van der Waals surface area contributed by atoms with E-state index in [1.54, 1.807) is 6.20 Å². The largest absolute Gasteiger partial charge is 0.480 e. The van der Waals surface area contributed by atoms with Gasteiger partial charge in [-0.3, -0.25) is 9.59 Å². The van der Waals surface area contributed by atoms with Gasteiger partial charge in [0, 0.05) is 24.6 Å². The highest BCUT2D eigenvalue weighted by molar-refractivity contribution is 5.86. The molecule has 4 rings (SSSR count). The van der Waals surface area contributed by atoms with Crippen molar-refractivity contribution in [3.63, 3.8) is 0 Å². The molecule has 206 valence electrons. The zero-order valence-electron chi connectivity index (χ0n) is 23.0. The lowest BCUT2D eigenvalue weighted by molar-refractivity contribution is -0.142. The first-order valence-corrected chi connectivity index (χ1v) is 13.8. The van der Waals surface area contributed by atoms with Gasteiger partial charge >= 0.3 is 5.97 Å². The summed E-state index contributed by atoms with van der Waals surface area (Å²) < 4.78 is 1.49. The van der Waals surface area contributed by atoms with Crippen molar-refractivity contribution in [2.75, 3.05) is 0 Å². The summed E-state index contributed by atoms with van der Waals surface area (Å²) in [6.07, 6.45) is 4.30. The van der Waals surface area contributed by atoms with Crippen LogP contribution in [0, 0.1) is 6.92 Å². The third kappa shape index (κ3) is 7.35. The second-order valence-electron chi connectivity index (χ2n) is 10.2. The van der Waals surface area contributed by atoms with Gasteiger partial charge in [-0.2, -0.15) is 0 Å². The van der Waals surface area contributed by atoms with Crippen LogP contribution in [-0.4, -0.2) is 27.6 Å². The minimum atomic E-state index is -1.13. The van der Waals surface area contributed by atoms with Crippen molar-refractivity contribution in [2.45, 2.75) is 58.0 Å². The van der Waals surface area contributed by atoms with Crippen molar-refractivity contribution < 1.29 is 14.7 Å². The topological polar surface area (TPSA) is 88.4 Å². The highest BCUT2D eigenvalue weighted by Gasteiger charge is 2.28. The number of aromatic nitrogens is 1. The number of aliphatic carboxylic acids is 1. The fraction of sp³-hybridized carbons (Fsp3) is 0.265. The van der Waals surface area contributed by atoms with E-state index >= 15 is 0 Å². The number of aryl methyl sites for hydroxylation is 1. The number of carbonyl (C=O) groups excluding carboxylic acids is 1. The second-order valence-corrected chi connectivity index (χ2v) is 10.2. The van der Waals surface area contributed by atoms with Crippen molar-refractivity contribution in [1.82, 2.24) is 9.88 Å². The summed E-state index contributed by atoms with van der Waals surface area (Å²) in [5.74, 6) is -1.58. The Bertz CT molecular complexity index is 1500. The first-order chi connectivity index (χ1) is 19.4. The summed E-state index contributed by atoms with van der Waals surface area (Å²) in [5.41, 5.74) is 5.07. The van der Waals surface area contributed by atoms with Gasteiger partial charge in [-0.15, -0.1) is 0 Å². The van der Waals surface area contributed by atoms with Crippen LogP contribution in [-0.2, 0) is 22.4 Å². The van der Waals surface area contributed by atoms with Crippen LogP contribution in [0.2, 0.25) is 0 Å². The predicted octanol–water partition coefficient (Wildman–Crippen LogP) is 5.96. The van der Waals surface area contributed by atoms with Gasteiger partial charge in [-0.05, 0) is 47.2 Å². The molecule has 0 aliphatic rings. The minimum absolute atomic E-state index is 0.129. The molecule has 1 aromatic heterocycles. The van der Waals surface area contributed by atoms with E-state index in [2.05, 4.69) is 5.32 Å². The predicted molar refractivity (Wildman–Crippen MR) is 158 cm³/mol. The molecule has 0 saturated carbocycles. The number of carboxylic acids is 1. The highest BCUT2D eigenvalue weighted by atomic mass is 16.4. The van der Waals surface area contributed by atoms with E-state index in [0.717, 1.165) is 40.7 Å². The Morgan fingerprint density at radius 1 is 0.875 bits per heavy atom. The SMILES string of the molecule is CCCC[C@@H](C(=O)NC(Cc1cccc(-c2ccccc2)c1)C(=O)O)n1cc(C)cc(Cc2ccccc2)c1=O. The Hall–Kier alpha value is -4.45. The minimum Gasteiger partial charge on any atom is -0.480 e. The third-order valence-corrected chi connectivity index (χ3v) is 7.05. The number of amides is 1. The van der Waals surface area contributed by atoms with Crippen LogP contribution in [0.3, 0.4) is 0 Å². The second kappa shape index (κ2) is 13.6. The van der Waals surface area contributed by atoms with Crippen molar-refractivity contribution in [2.24, 2.45) is 0 Å². The molecule has 40 heavy (non-hydrogen) atoms. The summed E-state index contributed by atoms with van der Waals surface area (Å²) in [5, 5.41) is 12.8. The van der Waals surface area contributed by atoms with Crippen LogP contribution in [0.1, 0.15) is 54.5 Å². The van der Waals surface area contributed by atoms with Crippen molar-refractivity contribution in [3.05, 3.63) is 130 Å². The maximum Gasteiger partial charge on any atom is 0.326 e. The van der Waals surface area contributed by atoms with Crippen LogP contribution >= 0.6 is 0 Å². The first kappa shape index (κ1) is 28.6. The van der Waals surface area contributed by atoms with E-state index in [9.17, 15) is 19.5 Å². The number of benzene rings is 3. The molecule has 0 aliphatic heterocycles. The summed E-state index contributed by atoms with van der Waals surface area (Å²) in [7, 11) is 0. The molecule has 2 N–H and O–H groups in total.